The normalized spacial score (nSPS) is 11.6. The van der Waals surface area contributed by atoms with E-state index >= 15 is 0 Å². The Morgan fingerprint density at radius 2 is 2.12 bits per heavy atom. The number of ether oxygens (including phenoxy) is 1. The number of hydrogen-bond acceptors (Lipinski definition) is 4. The van der Waals surface area contributed by atoms with E-state index < -0.39 is 5.25 Å². The van der Waals surface area contributed by atoms with Gasteiger partial charge in [-0.1, -0.05) is 25.1 Å². The molecule has 0 heterocycles. The van der Waals surface area contributed by atoms with Crippen LogP contribution in [0.15, 0.2) is 4.99 Å². The van der Waals surface area contributed by atoms with Gasteiger partial charge in [0.1, 0.15) is 5.25 Å². The van der Waals surface area contributed by atoms with E-state index in [4.69, 9.17) is 21.6 Å². The second kappa shape index (κ2) is 7.98. The first-order valence-electron chi connectivity index (χ1n) is 5.02. The van der Waals surface area contributed by atoms with Crippen molar-refractivity contribution in [3.8, 4) is 0 Å². The lowest BCUT2D eigenvalue weighted by atomic mass is 10.2. The first kappa shape index (κ1) is 14.8. The summed E-state index contributed by atoms with van der Waals surface area (Å²) in [5, 5.41) is 6.97. The van der Waals surface area contributed by atoms with Gasteiger partial charge in [-0.25, -0.2) is 0 Å². The summed E-state index contributed by atoms with van der Waals surface area (Å²) in [5.74, 6) is -0.512. The molecule has 6 nitrogen and oxygen atoms in total. The van der Waals surface area contributed by atoms with Gasteiger partial charge in [-0.3, -0.25) is 10.2 Å². The van der Waals surface area contributed by atoms with Crippen LogP contribution in [0.5, 0.6) is 0 Å². The van der Waals surface area contributed by atoms with Crippen molar-refractivity contribution in [2.75, 3.05) is 6.61 Å². The Morgan fingerprint density at radius 1 is 1.50 bits per heavy atom. The fourth-order valence-corrected chi connectivity index (χ4v) is 1.95. The minimum absolute atomic E-state index is 0.0773. The molecule has 7 heteroatoms. The van der Waals surface area contributed by atoms with Gasteiger partial charge in [0, 0.05) is 0 Å². The Hall–Kier alpha value is -1.24. The number of esters is 1. The fourth-order valence-electron chi connectivity index (χ4n) is 1.00. The highest BCUT2D eigenvalue weighted by Gasteiger charge is 2.21. The van der Waals surface area contributed by atoms with Gasteiger partial charge >= 0.3 is 5.97 Å². The van der Waals surface area contributed by atoms with E-state index in [-0.39, 0.29) is 17.1 Å². The van der Waals surface area contributed by atoms with Crippen molar-refractivity contribution in [3.05, 3.63) is 0 Å². The van der Waals surface area contributed by atoms with Crippen molar-refractivity contribution in [2.45, 2.75) is 31.9 Å². The second-order valence-electron chi connectivity index (χ2n) is 2.99. The quantitative estimate of drug-likeness (QED) is 0.374. The molecule has 1 unspecified atom stereocenters. The molecule has 0 bridgehead atoms. The summed E-state index contributed by atoms with van der Waals surface area (Å²) >= 11 is 1.01. The summed E-state index contributed by atoms with van der Waals surface area (Å²) in [4.78, 5) is 15.1. The predicted octanol–water partition coefficient (Wildman–Crippen LogP) is 0.660. The van der Waals surface area contributed by atoms with E-state index in [9.17, 15) is 4.79 Å². The number of carbonyl (C=O) groups is 1. The smallest absolute Gasteiger partial charge is 0.319 e. The lowest BCUT2D eigenvalue weighted by Gasteiger charge is -2.12. The van der Waals surface area contributed by atoms with Gasteiger partial charge in [-0.15, -0.1) is 0 Å². The van der Waals surface area contributed by atoms with Gasteiger partial charge in [-0.05, 0) is 13.3 Å². The number of guanidine groups is 1. The van der Waals surface area contributed by atoms with Crippen molar-refractivity contribution in [3.63, 3.8) is 0 Å². The summed E-state index contributed by atoms with van der Waals surface area (Å²) in [6.07, 6.45) is 1.46. The molecule has 0 saturated carbocycles. The number of rotatable bonds is 5. The molecule has 0 aromatic heterocycles. The molecule has 16 heavy (non-hydrogen) atoms. The van der Waals surface area contributed by atoms with Crippen molar-refractivity contribution in [1.82, 2.24) is 0 Å². The molecule has 92 valence electrons. The Bertz CT molecular complexity index is 277. The maximum absolute atomic E-state index is 11.5. The summed E-state index contributed by atoms with van der Waals surface area (Å²) in [6.45, 7) is 4.03. The molecule has 0 aromatic rings. The Kier molecular flexibility index (Phi) is 7.36. The lowest BCUT2D eigenvalue weighted by molar-refractivity contribution is -0.142. The zero-order chi connectivity index (χ0) is 12.6. The number of amidine groups is 1. The molecule has 0 aliphatic carbocycles. The van der Waals surface area contributed by atoms with Crippen LogP contribution in [-0.2, 0) is 9.53 Å². The third-order valence-electron chi connectivity index (χ3n) is 1.58. The number of nitrogens with one attached hydrogen (secondary N) is 1. The number of hydrogen-bond donors (Lipinski definition) is 3. The van der Waals surface area contributed by atoms with E-state index in [1.165, 1.54) is 0 Å². The minimum Gasteiger partial charge on any atom is -0.465 e. The highest BCUT2D eigenvalue weighted by Crippen LogP contribution is 2.19. The largest absolute Gasteiger partial charge is 0.465 e. The standard InChI is InChI=1S/C9H18N4O2S/c1-3-5-6(7(14)15-4-2)16-9(12)13-8(10)11/h6H,3-5H2,1-2H3,(H5,10,11,12,13). The second-order valence-corrected chi connectivity index (χ2v) is 4.18. The third kappa shape index (κ3) is 6.28. The topological polar surface area (TPSA) is 115 Å². The Morgan fingerprint density at radius 3 is 2.56 bits per heavy atom. The number of thioether (sulfide) groups is 1. The summed E-state index contributed by atoms with van der Waals surface area (Å²) in [5.41, 5.74) is 10.3. The molecule has 5 N–H and O–H groups in total. The van der Waals surface area contributed by atoms with E-state index in [2.05, 4.69) is 4.99 Å². The average Bonchev–Trinajstić information content (AvgIpc) is 2.16. The average molecular weight is 246 g/mol. The molecule has 0 aliphatic rings. The van der Waals surface area contributed by atoms with Gasteiger partial charge < -0.3 is 16.2 Å². The maximum atomic E-state index is 11.5. The zero-order valence-electron chi connectivity index (χ0n) is 9.53. The van der Waals surface area contributed by atoms with Crippen LogP contribution in [0, 0.1) is 5.41 Å². The molecule has 0 spiro atoms. The number of nitrogens with zero attached hydrogens (tertiary/aromatic N) is 1. The Balaban J connectivity index is 4.38. The van der Waals surface area contributed by atoms with Crippen LogP contribution >= 0.6 is 11.8 Å². The van der Waals surface area contributed by atoms with Gasteiger partial charge in [0.05, 0.1) is 6.61 Å². The molecular weight excluding hydrogens is 228 g/mol. The van der Waals surface area contributed by atoms with Crippen LogP contribution in [0.4, 0.5) is 0 Å². The van der Waals surface area contributed by atoms with E-state index in [1.807, 2.05) is 6.92 Å². The van der Waals surface area contributed by atoms with Crippen molar-refractivity contribution < 1.29 is 9.53 Å². The third-order valence-corrected chi connectivity index (χ3v) is 2.61. The molecule has 0 aromatic carbocycles. The molecule has 1 atom stereocenters. The predicted molar refractivity (Wildman–Crippen MR) is 66.5 cm³/mol. The summed E-state index contributed by atoms with van der Waals surface area (Å²) in [7, 11) is 0. The molecule has 0 radical (unpaired) electrons. The first-order valence-corrected chi connectivity index (χ1v) is 5.90. The van der Waals surface area contributed by atoms with E-state index in [0.717, 1.165) is 18.2 Å². The molecule has 0 amide bonds. The van der Waals surface area contributed by atoms with Crippen LogP contribution in [0.3, 0.4) is 0 Å². The summed E-state index contributed by atoms with van der Waals surface area (Å²) < 4.78 is 4.90. The minimum atomic E-state index is -0.416. The molecular formula is C9H18N4O2S. The van der Waals surface area contributed by atoms with Crippen molar-refractivity contribution in [1.29, 1.82) is 5.41 Å². The molecule has 0 rings (SSSR count). The lowest BCUT2D eigenvalue weighted by Crippen LogP contribution is -2.25. The summed E-state index contributed by atoms with van der Waals surface area (Å²) in [6, 6.07) is 0. The number of nitrogens with two attached hydrogens (primary N) is 2. The van der Waals surface area contributed by atoms with Gasteiger partial charge in [-0.2, -0.15) is 4.99 Å². The monoisotopic (exact) mass is 246 g/mol. The molecule has 0 fully saturated rings. The van der Waals surface area contributed by atoms with Crippen LogP contribution in [-0.4, -0.2) is 29.0 Å². The van der Waals surface area contributed by atoms with Crippen LogP contribution in [0.25, 0.3) is 0 Å². The highest BCUT2D eigenvalue weighted by molar-refractivity contribution is 8.14. The van der Waals surface area contributed by atoms with Gasteiger partial charge in [0.2, 0.25) is 0 Å². The number of aliphatic imine (C=N–C) groups is 1. The van der Waals surface area contributed by atoms with Crippen molar-refractivity contribution in [2.24, 2.45) is 16.5 Å². The van der Waals surface area contributed by atoms with Crippen LogP contribution in [0.1, 0.15) is 26.7 Å². The maximum Gasteiger partial charge on any atom is 0.319 e. The molecule has 0 saturated heterocycles. The van der Waals surface area contributed by atoms with E-state index in [0.29, 0.717) is 13.0 Å². The van der Waals surface area contributed by atoms with Crippen molar-refractivity contribution >= 4 is 28.9 Å². The molecule has 0 aliphatic heterocycles. The SMILES string of the molecule is CCCC(SC(=N)N=C(N)N)C(=O)OCC. The van der Waals surface area contributed by atoms with E-state index in [1.54, 1.807) is 6.92 Å². The number of carbonyl (C=O) groups excluding carboxylic acids is 1. The van der Waals surface area contributed by atoms with Gasteiger partial charge in [0.15, 0.2) is 11.1 Å². The highest BCUT2D eigenvalue weighted by atomic mass is 32.2. The van der Waals surface area contributed by atoms with Crippen LogP contribution < -0.4 is 11.5 Å². The fraction of sp³-hybridized carbons (Fsp3) is 0.667. The zero-order valence-corrected chi connectivity index (χ0v) is 10.3. The van der Waals surface area contributed by atoms with Gasteiger partial charge in [0.25, 0.3) is 0 Å². The van der Waals surface area contributed by atoms with Crippen LogP contribution in [0.2, 0.25) is 0 Å². The Labute approximate surface area is 99.3 Å². The first-order chi connectivity index (χ1) is 7.51.